The second-order valence-electron chi connectivity index (χ2n) is 5.83. The summed E-state index contributed by atoms with van der Waals surface area (Å²) in [4.78, 5) is 12.1. The van der Waals surface area contributed by atoms with Crippen molar-refractivity contribution >= 4 is 16.9 Å². The summed E-state index contributed by atoms with van der Waals surface area (Å²) in [6.45, 7) is 2.29. The molecular weight excluding hydrogens is 304 g/mol. The van der Waals surface area contributed by atoms with E-state index < -0.39 is 0 Å². The Hall–Kier alpha value is -2.82. The predicted octanol–water partition coefficient (Wildman–Crippen LogP) is 3.81. The Bertz CT molecular complexity index is 824. The van der Waals surface area contributed by atoms with E-state index in [1.54, 1.807) is 13.3 Å². The molecule has 3 aromatic rings. The van der Waals surface area contributed by atoms with E-state index in [9.17, 15) is 4.79 Å². The normalized spacial score (nSPS) is 12.1. The predicted molar refractivity (Wildman–Crippen MR) is 91.9 cm³/mol. The molecule has 24 heavy (non-hydrogen) atoms. The highest BCUT2D eigenvalue weighted by atomic mass is 16.5. The van der Waals surface area contributed by atoms with Gasteiger partial charge in [0.15, 0.2) is 0 Å². The number of hydrogen-bond donors (Lipinski definition) is 1. The van der Waals surface area contributed by atoms with E-state index in [-0.39, 0.29) is 18.5 Å². The number of carbonyl (C=O) groups is 1. The molecule has 0 aliphatic heterocycles. The molecule has 1 N–H and O–H groups in total. The van der Waals surface area contributed by atoms with Crippen LogP contribution in [0.15, 0.2) is 48.7 Å². The summed E-state index contributed by atoms with van der Waals surface area (Å²) in [5.41, 5.74) is 3.01. The van der Waals surface area contributed by atoms with Crippen LogP contribution in [0.25, 0.3) is 10.9 Å². The van der Waals surface area contributed by atoms with E-state index in [1.165, 1.54) is 0 Å². The van der Waals surface area contributed by atoms with Crippen LogP contribution < -0.4 is 4.74 Å². The third kappa shape index (κ3) is 3.74. The molecule has 124 valence electrons. The van der Waals surface area contributed by atoms with Crippen molar-refractivity contribution < 1.29 is 14.3 Å². The van der Waals surface area contributed by atoms with Crippen molar-refractivity contribution in [2.24, 2.45) is 0 Å². The number of ether oxygens (including phenoxy) is 2. The topological polar surface area (TPSA) is 64.2 Å². The third-order valence-electron chi connectivity index (χ3n) is 4.06. The number of methoxy groups -OCH3 is 1. The minimum absolute atomic E-state index is 0.0970. The van der Waals surface area contributed by atoms with Gasteiger partial charge >= 0.3 is 5.97 Å². The van der Waals surface area contributed by atoms with Gasteiger partial charge in [0, 0.05) is 5.39 Å². The number of nitrogens with one attached hydrogen (secondary N) is 1. The Morgan fingerprint density at radius 2 is 2.00 bits per heavy atom. The lowest BCUT2D eigenvalue weighted by Gasteiger charge is -2.12. The van der Waals surface area contributed by atoms with Crippen molar-refractivity contribution in [2.45, 2.75) is 25.9 Å². The number of benzene rings is 2. The fourth-order valence-corrected chi connectivity index (χ4v) is 2.61. The number of fused-ring (bicyclic) bond motifs is 1. The molecule has 0 spiro atoms. The number of nitrogens with zero attached hydrogens (tertiary/aromatic N) is 1. The number of aromatic nitrogens is 2. The standard InChI is InChI=1S/C19H20N2O3/c1-13(15-4-6-17(23-2)7-5-15)9-19(22)24-12-14-3-8-18-16(10-14)11-20-21-18/h3-8,10-11,13H,9,12H2,1-2H3,(H,20,21). The van der Waals surface area contributed by atoms with E-state index in [1.807, 2.05) is 49.4 Å². The molecule has 0 aliphatic carbocycles. The molecule has 1 atom stereocenters. The van der Waals surface area contributed by atoms with E-state index in [0.717, 1.165) is 27.8 Å². The van der Waals surface area contributed by atoms with Gasteiger partial charge in [-0.05, 0) is 41.3 Å². The lowest BCUT2D eigenvalue weighted by atomic mass is 9.98. The van der Waals surface area contributed by atoms with Crippen LogP contribution in [0.1, 0.15) is 30.4 Å². The number of carbonyl (C=O) groups excluding carboxylic acids is 1. The highest BCUT2D eigenvalue weighted by Crippen LogP contribution is 2.22. The molecule has 0 saturated heterocycles. The number of hydrogen-bond acceptors (Lipinski definition) is 4. The largest absolute Gasteiger partial charge is 0.497 e. The van der Waals surface area contributed by atoms with Crippen molar-refractivity contribution in [3.8, 4) is 5.75 Å². The van der Waals surface area contributed by atoms with Gasteiger partial charge in [-0.25, -0.2) is 0 Å². The molecule has 5 heteroatoms. The van der Waals surface area contributed by atoms with Gasteiger partial charge in [0.05, 0.1) is 25.2 Å². The number of rotatable bonds is 6. The van der Waals surface area contributed by atoms with Crippen LogP contribution in [0.2, 0.25) is 0 Å². The maximum atomic E-state index is 12.1. The van der Waals surface area contributed by atoms with Gasteiger partial charge < -0.3 is 9.47 Å². The van der Waals surface area contributed by atoms with Crippen LogP contribution >= 0.6 is 0 Å². The molecule has 0 bridgehead atoms. The lowest BCUT2D eigenvalue weighted by molar-refractivity contribution is -0.145. The maximum Gasteiger partial charge on any atom is 0.306 e. The first-order valence-electron chi connectivity index (χ1n) is 7.87. The molecule has 0 fully saturated rings. The van der Waals surface area contributed by atoms with Crippen LogP contribution in [-0.4, -0.2) is 23.3 Å². The first-order valence-corrected chi connectivity index (χ1v) is 7.87. The minimum atomic E-state index is -0.203. The molecule has 3 rings (SSSR count). The van der Waals surface area contributed by atoms with E-state index >= 15 is 0 Å². The summed E-state index contributed by atoms with van der Waals surface area (Å²) in [7, 11) is 1.64. The van der Waals surface area contributed by atoms with Crippen molar-refractivity contribution in [1.29, 1.82) is 0 Å². The van der Waals surface area contributed by atoms with Crippen LogP contribution in [-0.2, 0) is 16.1 Å². The Labute approximate surface area is 140 Å². The third-order valence-corrected chi connectivity index (χ3v) is 4.06. The summed E-state index contributed by atoms with van der Waals surface area (Å²) < 4.78 is 10.5. The molecule has 0 amide bonds. The summed E-state index contributed by atoms with van der Waals surface area (Å²) in [5.74, 6) is 0.702. The van der Waals surface area contributed by atoms with Crippen LogP contribution in [0.3, 0.4) is 0 Å². The zero-order valence-corrected chi connectivity index (χ0v) is 13.8. The minimum Gasteiger partial charge on any atom is -0.497 e. The van der Waals surface area contributed by atoms with Crippen molar-refractivity contribution in [1.82, 2.24) is 10.2 Å². The van der Waals surface area contributed by atoms with Crippen LogP contribution in [0.4, 0.5) is 0 Å². The second kappa shape index (κ2) is 7.17. The maximum absolute atomic E-state index is 12.1. The molecule has 1 aromatic heterocycles. The zero-order chi connectivity index (χ0) is 16.9. The molecule has 0 saturated carbocycles. The highest BCUT2D eigenvalue weighted by Gasteiger charge is 2.13. The van der Waals surface area contributed by atoms with Gasteiger partial charge in [-0.2, -0.15) is 5.10 Å². The first-order chi connectivity index (χ1) is 11.7. The van der Waals surface area contributed by atoms with Crippen LogP contribution in [0, 0.1) is 0 Å². The molecule has 2 aromatic carbocycles. The number of H-pyrrole nitrogens is 1. The molecule has 1 heterocycles. The van der Waals surface area contributed by atoms with Crippen molar-refractivity contribution in [3.63, 3.8) is 0 Å². The Morgan fingerprint density at radius 3 is 2.75 bits per heavy atom. The van der Waals surface area contributed by atoms with Gasteiger partial charge in [-0.3, -0.25) is 9.89 Å². The zero-order valence-electron chi connectivity index (χ0n) is 13.8. The molecule has 5 nitrogen and oxygen atoms in total. The molecule has 0 aliphatic rings. The van der Waals surface area contributed by atoms with E-state index in [4.69, 9.17) is 9.47 Å². The van der Waals surface area contributed by atoms with E-state index in [2.05, 4.69) is 10.2 Å². The smallest absolute Gasteiger partial charge is 0.306 e. The summed E-state index contributed by atoms with van der Waals surface area (Å²) >= 11 is 0. The van der Waals surface area contributed by atoms with Crippen molar-refractivity contribution in [2.75, 3.05) is 7.11 Å². The van der Waals surface area contributed by atoms with Gasteiger partial charge in [0.2, 0.25) is 0 Å². The Kier molecular flexibility index (Phi) is 4.79. The average molecular weight is 324 g/mol. The fraction of sp³-hybridized carbons (Fsp3) is 0.263. The molecule has 0 radical (unpaired) electrons. The Balaban J connectivity index is 1.54. The highest BCUT2D eigenvalue weighted by molar-refractivity contribution is 5.78. The van der Waals surface area contributed by atoms with Gasteiger partial charge in [0.1, 0.15) is 12.4 Å². The fourth-order valence-electron chi connectivity index (χ4n) is 2.61. The van der Waals surface area contributed by atoms with Gasteiger partial charge in [-0.15, -0.1) is 0 Å². The summed E-state index contributed by atoms with van der Waals surface area (Å²) in [6.07, 6.45) is 2.10. The monoisotopic (exact) mass is 324 g/mol. The summed E-state index contributed by atoms with van der Waals surface area (Å²) in [6, 6.07) is 13.6. The quantitative estimate of drug-likeness (QED) is 0.700. The summed E-state index contributed by atoms with van der Waals surface area (Å²) in [5, 5.41) is 7.89. The number of esters is 1. The lowest BCUT2D eigenvalue weighted by Crippen LogP contribution is -2.08. The molecule has 1 unspecified atom stereocenters. The SMILES string of the molecule is COc1ccc(C(C)CC(=O)OCc2ccc3[nH]ncc3c2)cc1. The van der Waals surface area contributed by atoms with Crippen LogP contribution in [0.5, 0.6) is 5.75 Å². The molecular formula is C19H20N2O3. The average Bonchev–Trinajstić information content (AvgIpc) is 3.07. The number of aromatic amines is 1. The van der Waals surface area contributed by atoms with Crippen molar-refractivity contribution in [3.05, 3.63) is 59.8 Å². The first kappa shape index (κ1) is 16.1. The second-order valence-corrected chi connectivity index (χ2v) is 5.83. The van der Waals surface area contributed by atoms with Gasteiger partial charge in [0.25, 0.3) is 0 Å². The van der Waals surface area contributed by atoms with E-state index in [0.29, 0.717) is 6.42 Å². The Morgan fingerprint density at radius 1 is 1.21 bits per heavy atom. The van der Waals surface area contributed by atoms with Gasteiger partial charge in [-0.1, -0.05) is 25.1 Å².